The van der Waals surface area contributed by atoms with Gasteiger partial charge in [-0.15, -0.1) is 0 Å². The largest absolute Gasteiger partial charge is 0.379 e. The third-order valence-corrected chi connectivity index (χ3v) is 4.77. The van der Waals surface area contributed by atoms with Gasteiger partial charge in [-0.1, -0.05) is 6.07 Å². The second-order valence-corrected chi connectivity index (χ2v) is 6.81. The van der Waals surface area contributed by atoms with E-state index in [1.54, 1.807) is 12.1 Å². The molecule has 0 aromatic heterocycles. The van der Waals surface area contributed by atoms with E-state index in [1.165, 1.54) is 6.07 Å². The molecule has 2 rings (SSSR count). The first kappa shape index (κ1) is 12.4. The molecule has 17 heavy (non-hydrogen) atoms. The monoisotopic (exact) mass is 257 g/mol. The second kappa shape index (κ2) is 4.64. The Morgan fingerprint density at radius 2 is 2.18 bits per heavy atom. The summed E-state index contributed by atoms with van der Waals surface area (Å²) in [4.78, 5) is 0. The summed E-state index contributed by atoms with van der Waals surface area (Å²) in [5.74, 6) is 0.0144. The minimum atomic E-state index is -2.96. The number of halogens is 1. The van der Waals surface area contributed by atoms with Crippen molar-refractivity contribution >= 4 is 15.5 Å². The van der Waals surface area contributed by atoms with Crippen LogP contribution in [0.15, 0.2) is 18.2 Å². The molecule has 5 heteroatoms. The van der Waals surface area contributed by atoms with Gasteiger partial charge in [0.25, 0.3) is 0 Å². The average Bonchev–Trinajstić information content (AvgIpc) is 2.22. The molecule has 0 radical (unpaired) electrons. The Bertz CT molecular complexity index is 513. The summed E-state index contributed by atoms with van der Waals surface area (Å²) in [6, 6.07) is 4.62. The van der Waals surface area contributed by atoms with Crippen molar-refractivity contribution in [2.24, 2.45) is 0 Å². The predicted molar refractivity (Wildman–Crippen MR) is 66.4 cm³/mol. The van der Waals surface area contributed by atoms with Crippen molar-refractivity contribution in [3.05, 3.63) is 29.6 Å². The van der Waals surface area contributed by atoms with Crippen LogP contribution in [-0.4, -0.2) is 26.0 Å². The van der Waals surface area contributed by atoms with Gasteiger partial charge in [0.1, 0.15) is 5.82 Å². The lowest BCUT2D eigenvalue weighted by molar-refractivity contribution is 0.559. The first-order valence-corrected chi connectivity index (χ1v) is 7.51. The molecule has 94 valence electrons. The molecular weight excluding hydrogens is 241 g/mol. The Morgan fingerprint density at radius 3 is 2.88 bits per heavy atom. The van der Waals surface area contributed by atoms with Gasteiger partial charge in [-0.05, 0) is 37.5 Å². The fraction of sp³-hybridized carbons (Fsp3) is 0.500. The number of hydrogen-bond donors (Lipinski definition) is 1. The highest BCUT2D eigenvalue weighted by Crippen LogP contribution is 2.21. The molecule has 1 N–H and O–H groups in total. The molecule has 1 aliphatic rings. The summed E-state index contributed by atoms with van der Waals surface area (Å²) in [6.07, 6.45) is 1.42. The summed E-state index contributed by atoms with van der Waals surface area (Å²) < 4.78 is 36.4. The molecule has 1 aliphatic heterocycles. The molecule has 1 heterocycles. The van der Waals surface area contributed by atoms with Crippen LogP contribution in [0.25, 0.3) is 0 Å². The summed E-state index contributed by atoms with van der Waals surface area (Å²) in [5, 5.41) is 2.99. The van der Waals surface area contributed by atoms with Gasteiger partial charge in [-0.2, -0.15) is 0 Å². The van der Waals surface area contributed by atoms with Gasteiger partial charge < -0.3 is 5.32 Å². The van der Waals surface area contributed by atoms with Crippen LogP contribution in [-0.2, 0) is 9.84 Å². The summed E-state index contributed by atoms with van der Waals surface area (Å²) >= 11 is 0. The number of rotatable bonds is 2. The molecule has 3 nitrogen and oxygen atoms in total. The lowest BCUT2D eigenvalue weighted by atomic mass is 10.1. The zero-order valence-electron chi connectivity index (χ0n) is 9.74. The molecule has 0 bridgehead atoms. The van der Waals surface area contributed by atoms with Gasteiger partial charge in [0.15, 0.2) is 9.84 Å². The third kappa shape index (κ3) is 3.19. The van der Waals surface area contributed by atoms with E-state index in [2.05, 4.69) is 5.32 Å². The van der Waals surface area contributed by atoms with Gasteiger partial charge in [0.05, 0.1) is 17.2 Å². The summed E-state index contributed by atoms with van der Waals surface area (Å²) in [5.41, 5.74) is 1.35. The van der Waals surface area contributed by atoms with E-state index in [9.17, 15) is 12.8 Å². The zero-order chi connectivity index (χ0) is 12.5. The topological polar surface area (TPSA) is 46.2 Å². The van der Waals surface area contributed by atoms with Gasteiger partial charge in [0, 0.05) is 6.04 Å². The summed E-state index contributed by atoms with van der Waals surface area (Å²) in [6.45, 7) is 1.88. The van der Waals surface area contributed by atoms with Crippen molar-refractivity contribution in [1.82, 2.24) is 0 Å². The quantitative estimate of drug-likeness (QED) is 0.882. The predicted octanol–water partition coefficient (Wildman–Crippen LogP) is 2.12. The maximum Gasteiger partial charge on any atom is 0.152 e. The van der Waals surface area contributed by atoms with Crippen LogP contribution in [0.3, 0.4) is 0 Å². The fourth-order valence-corrected chi connectivity index (χ4v) is 3.74. The normalized spacial score (nSPS) is 23.3. The van der Waals surface area contributed by atoms with Crippen LogP contribution >= 0.6 is 0 Å². The van der Waals surface area contributed by atoms with Crippen molar-refractivity contribution in [3.63, 3.8) is 0 Å². The van der Waals surface area contributed by atoms with Crippen molar-refractivity contribution in [3.8, 4) is 0 Å². The number of nitrogens with one attached hydrogen (secondary N) is 1. The molecule has 1 unspecified atom stereocenters. The lowest BCUT2D eigenvalue weighted by Gasteiger charge is -2.24. The van der Waals surface area contributed by atoms with Crippen LogP contribution in [0.2, 0.25) is 0 Å². The van der Waals surface area contributed by atoms with Crippen LogP contribution in [0.5, 0.6) is 0 Å². The Morgan fingerprint density at radius 1 is 1.41 bits per heavy atom. The van der Waals surface area contributed by atoms with Crippen molar-refractivity contribution in [2.75, 3.05) is 16.8 Å². The molecule has 0 saturated carbocycles. The zero-order valence-corrected chi connectivity index (χ0v) is 10.6. The molecular formula is C12H16FNO2S. The van der Waals surface area contributed by atoms with E-state index in [0.29, 0.717) is 12.1 Å². The van der Waals surface area contributed by atoms with E-state index in [4.69, 9.17) is 0 Å². The van der Waals surface area contributed by atoms with E-state index >= 15 is 0 Å². The minimum absolute atomic E-state index is 0.0976. The van der Waals surface area contributed by atoms with Crippen LogP contribution in [0.1, 0.15) is 18.4 Å². The first-order chi connectivity index (χ1) is 7.96. The maximum atomic E-state index is 13.5. The lowest BCUT2D eigenvalue weighted by Crippen LogP contribution is -2.35. The molecule has 0 aliphatic carbocycles. The maximum absolute atomic E-state index is 13.5. The van der Waals surface area contributed by atoms with E-state index in [1.807, 2.05) is 6.92 Å². The third-order valence-electron chi connectivity index (χ3n) is 2.94. The Kier molecular flexibility index (Phi) is 3.38. The second-order valence-electron chi connectivity index (χ2n) is 4.58. The fourth-order valence-electron chi connectivity index (χ4n) is 2.11. The number of benzene rings is 1. The van der Waals surface area contributed by atoms with E-state index in [-0.39, 0.29) is 23.4 Å². The van der Waals surface area contributed by atoms with Crippen LogP contribution in [0, 0.1) is 12.7 Å². The van der Waals surface area contributed by atoms with Gasteiger partial charge in [0.2, 0.25) is 0 Å². The highest BCUT2D eigenvalue weighted by molar-refractivity contribution is 7.91. The Balaban J connectivity index is 2.13. The molecule has 1 aromatic rings. The number of sulfone groups is 1. The Hall–Kier alpha value is -1.10. The minimum Gasteiger partial charge on any atom is -0.379 e. The number of aryl methyl sites for hydroxylation is 1. The van der Waals surface area contributed by atoms with E-state index < -0.39 is 9.84 Å². The number of hydrogen-bond acceptors (Lipinski definition) is 3. The molecule has 1 saturated heterocycles. The highest BCUT2D eigenvalue weighted by Gasteiger charge is 2.25. The van der Waals surface area contributed by atoms with Crippen molar-refractivity contribution < 1.29 is 12.8 Å². The molecule has 1 aromatic carbocycles. The van der Waals surface area contributed by atoms with Gasteiger partial charge >= 0.3 is 0 Å². The standard InChI is InChI=1S/C12H16FNO2S/c1-9-4-5-11(13)12(7-9)14-10-3-2-6-17(15,16)8-10/h4-5,7,10,14H,2-3,6,8H2,1H3. The van der Waals surface area contributed by atoms with Crippen LogP contribution in [0.4, 0.5) is 10.1 Å². The van der Waals surface area contributed by atoms with Gasteiger partial charge in [-0.25, -0.2) is 12.8 Å². The van der Waals surface area contributed by atoms with Crippen LogP contribution < -0.4 is 5.32 Å². The van der Waals surface area contributed by atoms with Crippen molar-refractivity contribution in [1.29, 1.82) is 0 Å². The van der Waals surface area contributed by atoms with Crippen molar-refractivity contribution in [2.45, 2.75) is 25.8 Å². The first-order valence-electron chi connectivity index (χ1n) is 5.69. The average molecular weight is 257 g/mol. The molecule has 1 atom stereocenters. The highest BCUT2D eigenvalue weighted by atomic mass is 32.2. The molecule has 1 fully saturated rings. The molecule has 0 spiro atoms. The number of anilines is 1. The van der Waals surface area contributed by atoms with E-state index in [0.717, 1.165) is 12.0 Å². The SMILES string of the molecule is Cc1ccc(F)c(NC2CCCS(=O)(=O)C2)c1. The summed E-state index contributed by atoms with van der Waals surface area (Å²) in [7, 11) is -2.96. The smallest absolute Gasteiger partial charge is 0.152 e. The Labute approximate surface area is 101 Å². The van der Waals surface area contributed by atoms with Gasteiger partial charge in [-0.3, -0.25) is 0 Å². The molecule has 0 amide bonds.